The Balaban J connectivity index is 1.78. The number of carbonyl (C=O) groups is 1. The van der Waals surface area contributed by atoms with Crippen LogP contribution in [-0.4, -0.2) is 17.1 Å². The molecule has 1 aliphatic rings. The molecule has 0 spiro atoms. The fourth-order valence-electron chi connectivity index (χ4n) is 2.52. The predicted molar refractivity (Wildman–Crippen MR) is 84.2 cm³/mol. The molecule has 0 aromatic heterocycles. The van der Waals surface area contributed by atoms with Gasteiger partial charge in [0.15, 0.2) is 5.11 Å². The number of carbonyl (C=O) groups excluding carboxylic acids is 1. The van der Waals surface area contributed by atoms with Crippen LogP contribution in [0.2, 0.25) is 0 Å². The molecule has 3 N–H and O–H groups in total. The minimum Gasteiger partial charge on any atom is -0.358 e. The number of benzene rings is 1. The normalized spacial score (nSPS) is 21.4. The van der Waals surface area contributed by atoms with Crippen molar-refractivity contribution in [3.8, 4) is 0 Å². The molecule has 1 aromatic rings. The quantitative estimate of drug-likeness (QED) is 0.580. The molecule has 0 saturated heterocycles. The number of hydrazine groups is 1. The largest absolute Gasteiger partial charge is 0.358 e. The first-order valence-electron chi connectivity index (χ1n) is 7.18. The van der Waals surface area contributed by atoms with Crippen LogP contribution in [0, 0.1) is 11.7 Å². The van der Waals surface area contributed by atoms with Crippen LogP contribution in [-0.2, 0) is 0 Å². The second kappa shape index (κ2) is 7.36. The van der Waals surface area contributed by atoms with Crippen LogP contribution in [0.15, 0.2) is 24.3 Å². The van der Waals surface area contributed by atoms with Gasteiger partial charge in [0.25, 0.3) is 5.91 Å². The predicted octanol–water partition coefficient (Wildman–Crippen LogP) is 2.51. The molecule has 0 aliphatic heterocycles. The molecule has 4 nitrogen and oxygen atoms in total. The van der Waals surface area contributed by atoms with Gasteiger partial charge in [0.05, 0.1) is 0 Å². The third-order valence-corrected chi connectivity index (χ3v) is 4.04. The Morgan fingerprint density at radius 1 is 1.19 bits per heavy atom. The van der Waals surface area contributed by atoms with Gasteiger partial charge in [0.1, 0.15) is 5.82 Å². The molecule has 1 aromatic carbocycles. The number of hydrogen-bond acceptors (Lipinski definition) is 2. The van der Waals surface area contributed by atoms with Crippen LogP contribution in [0.5, 0.6) is 0 Å². The number of amides is 1. The summed E-state index contributed by atoms with van der Waals surface area (Å²) >= 11 is 5.18. The highest BCUT2D eigenvalue weighted by Crippen LogP contribution is 2.23. The minimum absolute atomic E-state index is 0.349. The Labute approximate surface area is 129 Å². The second-order valence-electron chi connectivity index (χ2n) is 5.43. The van der Waals surface area contributed by atoms with Crippen molar-refractivity contribution in [3.63, 3.8) is 0 Å². The van der Waals surface area contributed by atoms with Crippen LogP contribution in [0.25, 0.3) is 0 Å². The average Bonchev–Trinajstić information content (AvgIpc) is 2.48. The number of nitrogens with one attached hydrogen (secondary N) is 3. The summed E-state index contributed by atoms with van der Waals surface area (Å²) in [5.41, 5.74) is 5.57. The molecule has 2 rings (SSSR count). The van der Waals surface area contributed by atoms with Gasteiger partial charge in [-0.2, -0.15) is 0 Å². The van der Waals surface area contributed by atoms with Crippen LogP contribution >= 0.6 is 12.2 Å². The molecule has 1 aliphatic carbocycles. The van der Waals surface area contributed by atoms with E-state index in [0.29, 0.717) is 22.6 Å². The summed E-state index contributed by atoms with van der Waals surface area (Å²) in [7, 11) is 0. The third-order valence-electron chi connectivity index (χ3n) is 3.82. The highest BCUT2D eigenvalue weighted by Gasteiger charge is 2.21. The van der Waals surface area contributed by atoms with E-state index in [-0.39, 0.29) is 11.7 Å². The minimum atomic E-state index is -0.372. The number of halogens is 1. The SMILES string of the molecule is C[C@H]1CCCC[C@@H]1NC(=S)NNC(=O)c1ccc(F)cc1. The van der Waals surface area contributed by atoms with Crippen molar-refractivity contribution in [2.75, 3.05) is 0 Å². The molecule has 1 fully saturated rings. The first-order chi connectivity index (χ1) is 10.1. The Bertz CT molecular complexity index is 506. The van der Waals surface area contributed by atoms with Crippen LogP contribution in [0.1, 0.15) is 43.0 Å². The molecule has 2 atom stereocenters. The van der Waals surface area contributed by atoms with Gasteiger partial charge in [0, 0.05) is 11.6 Å². The molecule has 0 bridgehead atoms. The smallest absolute Gasteiger partial charge is 0.269 e. The molecule has 1 saturated carbocycles. The lowest BCUT2D eigenvalue weighted by Crippen LogP contribution is -2.51. The van der Waals surface area contributed by atoms with Crippen LogP contribution < -0.4 is 16.2 Å². The zero-order valence-corrected chi connectivity index (χ0v) is 12.8. The highest BCUT2D eigenvalue weighted by molar-refractivity contribution is 7.80. The lowest BCUT2D eigenvalue weighted by atomic mass is 9.86. The van der Waals surface area contributed by atoms with Crippen molar-refractivity contribution in [2.45, 2.75) is 38.6 Å². The van der Waals surface area contributed by atoms with Crippen molar-refractivity contribution in [1.29, 1.82) is 0 Å². The van der Waals surface area contributed by atoms with Gasteiger partial charge in [0.2, 0.25) is 0 Å². The zero-order valence-electron chi connectivity index (χ0n) is 12.0. The van der Waals surface area contributed by atoms with Gasteiger partial charge < -0.3 is 5.32 Å². The van der Waals surface area contributed by atoms with E-state index in [1.54, 1.807) is 0 Å². The van der Waals surface area contributed by atoms with Crippen molar-refractivity contribution >= 4 is 23.2 Å². The van der Waals surface area contributed by atoms with E-state index in [4.69, 9.17) is 12.2 Å². The summed E-state index contributed by atoms with van der Waals surface area (Å²) in [6, 6.07) is 5.68. The summed E-state index contributed by atoms with van der Waals surface area (Å²) in [4.78, 5) is 11.8. The summed E-state index contributed by atoms with van der Waals surface area (Å²) in [5.74, 6) is -0.148. The molecule has 1 amide bonds. The number of rotatable bonds is 2. The first-order valence-corrected chi connectivity index (χ1v) is 7.59. The van der Waals surface area contributed by atoms with E-state index in [1.807, 2.05) is 0 Å². The van der Waals surface area contributed by atoms with Gasteiger partial charge >= 0.3 is 0 Å². The molecule has 21 heavy (non-hydrogen) atoms. The standard InChI is InChI=1S/C15H20FN3OS/c1-10-4-2-3-5-13(10)17-15(21)19-18-14(20)11-6-8-12(16)9-7-11/h6-10,13H,2-5H2,1H3,(H,18,20)(H2,17,19,21)/t10-,13-/m0/s1. The monoisotopic (exact) mass is 309 g/mol. The van der Waals surface area contributed by atoms with Crippen molar-refractivity contribution in [2.24, 2.45) is 5.92 Å². The second-order valence-corrected chi connectivity index (χ2v) is 5.84. The van der Waals surface area contributed by atoms with Gasteiger partial charge in [-0.1, -0.05) is 19.8 Å². The fraction of sp³-hybridized carbons (Fsp3) is 0.467. The maximum atomic E-state index is 12.8. The van der Waals surface area contributed by atoms with E-state index in [9.17, 15) is 9.18 Å². The van der Waals surface area contributed by atoms with Crippen molar-refractivity contribution in [3.05, 3.63) is 35.6 Å². The third kappa shape index (κ3) is 4.67. The molecule has 114 valence electrons. The van der Waals surface area contributed by atoms with Crippen molar-refractivity contribution < 1.29 is 9.18 Å². The summed E-state index contributed by atoms with van der Waals surface area (Å²) in [6.45, 7) is 2.20. The molecule has 0 unspecified atom stereocenters. The first kappa shape index (κ1) is 15.7. The van der Waals surface area contributed by atoms with Crippen LogP contribution in [0.4, 0.5) is 4.39 Å². The Kier molecular flexibility index (Phi) is 5.50. The van der Waals surface area contributed by atoms with E-state index >= 15 is 0 Å². The molecular formula is C15H20FN3OS. The number of hydrogen-bond donors (Lipinski definition) is 3. The fourth-order valence-corrected chi connectivity index (χ4v) is 2.72. The van der Waals surface area contributed by atoms with E-state index in [1.165, 1.54) is 43.5 Å². The van der Waals surface area contributed by atoms with E-state index in [2.05, 4.69) is 23.1 Å². The van der Waals surface area contributed by atoms with Gasteiger partial charge in [-0.15, -0.1) is 0 Å². The number of thiocarbonyl (C=S) groups is 1. The maximum absolute atomic E-state index is 12.8. The summed E-state index contributed by atoms with van der Waals surface area (Å²) < 4.78 is 12.8. The molecule has 0 heterocycles. The summed E-state index contributed by atoms with van der Waals surface area (Å²) in [5, 5.41) is 3.64. The van der Waals surface area contributed by atoms with E-state index in [0.717, 1.165) is 6.42 Å². The van der Waals surface area contributed by atoms with Crippen molar-refractivity contribution in [1.82, 2.24) is 16.2 Å². The lowest BCUT2D eigenvalue weighted by Gasteiger charge is -2.30. The lowest BCUT2D eigenvalue weighted by molar-refractivity contribution is 0.0943. The van der Waals surface area contributed by atoms with E-state index < -0.39 is 0 Å². The highest BCUT2D eigenvalue weighted by atomic mass is 32.1. The average molecular weight is 309 g/mol. The van der Waals surface area contributed by atoms with Crippen LogP contribution in [0.3, 0.4) is 0 Å². The Morgan fingerprint density at radius 2 is 1.86 bits per heavy atom. The van der Waals surface area contributed by atoms with Gasteiger partial charge in [-0.25, -0.2) is 4.39 Å². The maximum Gasteiger partial charge on any atom is 0.269 e. The topological polar surface area (TPSA) is 53.2 Å². The van der Waals surface area contributed by atoms with Gasteiger partial charge in [-0.3, -0.25) is 15.6 Å². The Hall–Kier alpha value is -1.69. The molecule has 6 heteroatoms. The zero-order chi connectivity index (χ0) is 15.2. The Morgan fingerprint density at radius 3 is 2.52 bits per heavy atom. The molecular weight excluding hydrogens is 289 g/mol. The van der Waals surface area contributed by atoms with Gasteiger partial charge in [-0.05, 0) is 55.2 Å². The molecule has 0 radical (unpaired) electrons. The summed E-state index contributed by atoms with van der Waals surface area (Å²) in [6.07, 6.45) is 4.75.